The van der Waals surface area contributed by atoms with Crippen molar-refractivity contribution in [1.29, 1.82) is 0 Å². The number of urea groups is 1. The van der Waals surface area contributed by atoms with E-state index in [4.69, 9.17) is 5.73 Å². The minimum Gasteiger partial charge on any atom is -0.351 e. The van der Waals surface area contributed by atoms with Crippen LogP contribution in [0.4, 0.5) is 4.79 Å². The van der Waals surface area contributed by atoms with Crippen molar-refractivity contribution in [1.82, 2.24) is 15.5 Å². The second-order valence-electron chi connectivity index (χ2n) is 7.03. The summed E-state index contributed by atoms with van der Waals surface area (Å²) >= 11 is 0. The van der Waals surface area contributed by atoms with Crippen molar-refractivity contribution in [3.63, 3.8) is 0 Å². The first kappa shape index (κ1) is 18.4. The number of unbranched alkanes of at least 4 members (excludes halogenated alkanes) is 1. The highest BCUT2D eigenvalue weighted by Crippen LogP contribution is 2.41. The summed E-state index contributed by atoms with van der Waals surface area (Å²) in [5.74, 6) is -0.705. The van der Waals surface area contributed by atoms with Crippen LogP contribution in [-0.2, 0) is 21.5 Å². The van der Waals surface area contributed by atoms with Crippen molar-refractivity contribution in [3.8, 4) is 0 Å². The highest BCUT2D eigenvalue weighted by Gasteiger charge is 2.55. The van der Waals surface area contributed by atoms with E-state index in [1.807, 2.05) is 24.3 Å². The first-order valence-electron chi connectivity index (χ1n) is 9.23. The predicted octanol–water partition coefficient (Wildman–Crippen LogP) is 1.01. The Kier molecular flexibility index (Phi) is 5.27. The summed E-state index contributed by atoms with van der Waals surface area (Å²) in [6, 6.07) is 6.98. The van der Waals surface area contributed by atoms with Gasteiger partial charge in [-0.25, -0.2) is 4.79 Å². The number of fused-ring (bicyclic) bond motifs is 2. The Labute approximate surface area is 153 Å². The summed E-state index contributed by atoms with van der Waals surface area (Å²) in [5.41, 5.74) is 6.58. The van der Waals surface area contributed by atoms with E-state index in [1.54, 1.807) is 0 Å². The fourth-order valence-corrected chi connectivity index (χ4v) is 3.85. The van der Waals surface area contributed by atoms with Gasteiger partial charge in [-0.1, -0.05) is 44.0 Å². The first-order valence-corrected chi connectivity index (χ1v) is 9.23. The van der Waals surface area contributed by atoms with Gasteiger partial charge in [-0.05, 0) is 30.4 Å². The van der Waals surface area contributed by atoms with Gasteiger partial charge in [0.25, 0.3) is 5.91 Å². The Morgan fingerprint density at radius 1 is 1.38 bits per heavy atom. The summed E-state index contributed by atoms with van der Waals surface area (Å²) in [6.45, 7) is 2.13. The molecule has 26 heavy (non-hydrogen) atoms. The standard InChI is InChI=1S/C19H26N4O3/c1-2-3-7-14(11-20)21-16(24)12-23-17(25)19(22-18(23)26)10-9-13-6-4-5-8-15(13)19/h4-6,8,14H,2-3,7,9-12,20H2,1H3,(H,21,24)(H,22,26). The highest BCUT2D eigenvalue weighted by molar-refractivity contribution is 6.09. The number of benzene rings is 1. The maximum Gasteiger partial charge on any atom is 0.325 e. The number of carbonyl (C=O) groups excluding carboxylic acids is 3. The third-order valence-corrected chi connectivity index (χ3v) is 5.28. The van der Waals surface area contributed by atoms with Gasteiger partial charge >= 0.3 is 6.03 Å². The summed E-state index contributed by atoms with van der Waals surface area (Å²) in [6.07, 6.45) is 4.02. The molecule has 0 aromatic heterocycles. The quantitative estimate of drug-likeness (QED) is 0.633. The van der Waals surface area contributed by atoms with Gasteiger partial charge in [0.05, 0.1) is 0 Å². The lowest BCUT2D eigenvalue weighted by atomic mass is 9.92. The normalized spacial score (nSPS) is 22.5. The average Bonchev–Trinajstić information content (AvgIpc) is 3.12. The minimum absolute atomic E-state index is 0.135. The molecule has 4 N–H and O–H groups in total. The number of amides is 4. The smallest absolute Gasteiger partial charge is 0.325 e. The zero-order valence-corrected chi connectivity index (χ0v) is 15.1. The second kappa shape index (κ2) is 7.45. The number of hydrogen-bond acceptors (Lipinski definition) is 4. The fourth-order valence-electron chi connectivity index (χ4n) is 3.85. The van der Waals surface area contributed by atoms with Gasteiger partial charge < -0.3 is 16.4 Å². The maximum atomic E-state index is 13.0. The van der Waals surface area contributed by atoms with E-state index in [2.05, 4.69) is 17.6 Å². The first-order chi connectivity index (χ1) is 12.5. The van der Waals surface area contributed by atoms with Crippen molar-refractivity contribution < 1.29 is 14.4 Å². The molecule has 1 fully saturated rings. The van der Waals surface area contributed by atoms with Crippen molar-refractivity contribution in [2.24, 2.45) is 5.73 Å². The third-order valence-electron chi connectivity index (χ3n) is 5.28. The zero-order chi connectivity index (χ0) is 18.7. The van der Waals surface area contributed by atoms with Gasteiger partial charge in [-0.15, -0.1) is 0 Å². The Morgan fingerprint density at radius 2 is 2.15 bits per heavy atom. The molecule has 1 spiro atoms. The Hall–Kier alpha value is -2.41. The lowest BCUT2D eigenvalue weighted by Crippen LogP contribution is -2.47. The molecule has 1 heterocycles. The second-order valence-corrected chi connectivity index (χ2v) is 7.03. The molecular formula is C19H26N4O3. The van der Waals surface area contributed by atoms with E-state index in [0.29, 0.717) is 13.0 Å². The van der Waals surface area contributed by atoms with E-state index in [1.165, 1.54) is 0 Å². The molecule has 1 saturated heterocycles. The van der Waals surface area contributed by atoms with Gasteiger partial charge in [0.15, 0.2) is 0 Å². The van der Waals surface area contributed by atoms with Gasteiger partial charge in [0.2, 0.25) is 5.91 Å². The molecule has 7 heteroatoms. The summed E-state index contributed by atoms with van der Waals surface area (Å²) in [7, 11) is 0. The van der Waals surface area contributed by atoms with Crippen molar-refractivity contribution in [2.45, 2.75) is 50.6 Å². The molecule has 2 unspecified atom stereocenters. The number of imide groups is 1. The van der Waals surface area contributed by atoms with Crippen LogP contribution in [0.3, 0.4) is 0 Å². The van der Waals surface area contributed by atoms with Crippen LogP contribution in [0.5, 0.6) is 0 Å². The third kappa shape index (κ3) is 3.19. The Balaban J connectivity index is 1.70. The number of aryl methyl sites for hydroxylation is 1. The van der Waals surface area contributed by atoms with Crippen LogP contribution < -0.4 is 16.4 Å². The van der Waals surface area contributed by atoms with Gasteiger partial charge in [0, 0.05) is 12.6 Å². The van der Waals surface area contributed by atoms with Crippen LogP contribution in [0.1, 0.15) is 43.7 Å². The monoisotopic (exact) mass is 358 g/mol. The molecule has 0 radical (unpaired) electrons. The van der Waals surface area contributed by atoms with Crippen molar-refractivity contribution in [2.75, 3.05) is 13.1 Å². The SMILES string of the molecule is CCCCC(CN)NC(=O)CN1C(=O)NC2(CCc3ccccc32)C1=O. The molecule has 1 aromatic carbocycles. The van der Waals surface area contributed by atoms with Crippen molar-refractivity contribution in [3.05, 3.63) is 35.4 Å². The lowest BCUT2D eigenvalue weighted by molar-refractivity contribution is -0.135. The van der Waals surface area contributed by atoms with Gasteiger partial charge in [-0.3, -0.25) is 14.5 Å². The maximum absolute atomic E-state index is 13.0. The van der Waals surface area contributed by atoms with E-state index < -0.39 is 11.6 Å². The van der Waals surface area contributed by atoms with Crippen LogP contribution >= 0.6 is 0 Å². The van der Waals surface area contributed by atoms with Gasteiger partial charge in [0.1, 0.15) is 12.1 Å². The molecule has 0 bridgehead atoms. The topological polar surface area (TPSA) is 105 Å². The van der Waals surface area contributed by atoms with Gasteiger partial charge in [-0.2, -0.15) is 0 Å². The predicted molar refractivity (Wildman–Crippen MR) is 97.2 cm³/mol. The number of nitrogens with one attached hydrogen (secondary N) is 2. The molecule has 7 nitrogen and oxygen atoms in total. The molecule has 0 saturated carbocycles. The van der Waals surface area contributed by atoms with Crippen LogP contribution in [0.15, 0.2) is 24.3 Å². The average molecular weight is 358 g/mol. The number of nitrogens with zero attached hydrogens (tertiary/aromatic N) is 1. The molecule has 4 amide bonds. The fraction of sp³-hybridized carbons (Fsp3) is 0.526. The lowest BCUT2D eigenvalue weighted by Gasteiger charge is -2.22. The van der Waals surface area contributed by atoms with Crippen molar-refractivity contribution >= 4 is 17.8 Å². The Bertz CT molecular complexity index is 720. The van der Waals surface area contributed by atoms with Crippen LogP contribution in [0, 0.1) is 0 Å². The van der Waals surface area contributed by atoms with E-state index in [-0.39, 0.29) is 24.4 Å². The molecule has 2 aliphatic rings. The van der Waals surface area contributed by atoms with E-state index >= 15 is 0 Å². The minimum atomic E-state index is -1.02. The number of hydrogen-bond donors (Lipinski definition) is 3. The number of carbonyl (C=O) groups is 3. The van der Waals surface area contributed by atoms with Crippen LogP contribution in [-0.4, -0.2) is 41.9 Å². The molecule has 1 aliphatic heterocycles. The summed E-state index contributed by atoms with van der Waals surface area (Å²) in [4.78, 5) is 38.8. The number of rotatable bonds is 7. The molecule has 140 valence electrons. The molecule has 1 aromatic rings. The molecular weight excluding hydrogens is 332 g/mol. The Morgan fingerprint density at radius 3 is 2.88 bits per heavy atom. The molecule has 2 atom stereocenters. The largest absolute Gasteiger partial charge is 0.351 e. The van der Waals surface area contributed by atoms with E-state index in [9.17, 15) is 14.4 Å². The van der Waals surface area contributed by atoms with E-state index in [0.717, 1.165) is 41.7 Å². The molecule has 1 aliphatic carbocycles. The van der Waals surface area contributed by atoms with Crippen LogP contribution in [0.2, 0.25) is 0 Å². The summed E-state index contributed by atoms with van der Waals surface area (Å²) < 4.78 is 0. The zero-order valence-electron chi connectivity index (χ0n) is 15.1. The molecule has 3 rings (SSSR count). The van der Waals surface area contributed by atoms with Crippen LogP contribution in [0.25, 0.3) is 0 Å². The number of nitrogens with two attached hydrogens (primary N) is 1. The summed E-state index contributed by atoms with van der Waals surface area (Å²) in [5, 5.41) is 5.65. The highest BCUT2D eigenvalue weighted by atomic mass is 16.2.